The maximum Gasteiger partial charge on any atom is 0.223 e. The van der Waals surface area contributed by atoms with Crippen molar-refractivity contribution in [2.45, 2.75) is 37.5 Å². The van der Waals surface area contributed by atoms with E-state index in [1.54, 1.807) is 0 Å². The molecular formula is C15H20ClNO. The summed E-state index contributed by atoms with van der Waals surface area (Å²) < 4.78 is 0. The number of rotatable bonds is 4. The molecule has 0 spiro atoms. The molecule has 0 saturated heterocycles. The van der Waals surface area contributed by atoms with Crippen LogP contribution < -0.4 is 5.32 Å². The molecule has 1 atom stereocenters. The summed E-state index contributed by atoms with van der Waals surface area (Å²) in [7, 11) is 0. The molecule has 1 aliphatic carbocycles. The Labute approximate surface area is 114 Å². The van der Waals surface area contributed by atoms with Gasteiger partial charge in [0.1, 0.15) is 0 Å². The molecule has 2 nitrogen and oxygen atoms in total. The van der Waals surface area contributed by atoms with Crippen LogP contribution in [0.5, 0.6) is 0 Å². The first kappa shape index (κ1) is 13.4. The van der Waals surface area contributed by atoms with Crippen LogP contribution in [0.15, 0.2) is 30.3 Å². The van der Waals surface area contributed by atoms with Crippen LogP contribution in [0.1, 0.15) is 43.0 Å². The van der Waals surface area contributed by atoms with Gasteiger partial charge < -0.3 is 5.32 Å². The molecular weight excluding hydrogens is 246 g/mol. The molecule has 0 radical (unpaired) electrons. The van der Waals surface area contributed by atoms with Crippen molar-refractivity contribution in [2.24, 2.45) is 5.92 Å². The quantitative estimate of drug-likeness (QED) is 0.827. The molecule has 1 aromatic carbocycles. The van der Waals surface area contributed by atoms with Gasteiger partial charge in [-0.3, -0.25) is 4.79 Å². The van der Waals surface area contributed by atoms with Crippen LogP contribution in [0.2, 0.25) is 0 Å². The number of hydrogen-bond donors (Lipinski definition) is 1. The van der Waals surface area contributed by atoms with Crippen molar-refractivity contribution in [1.82, 2.24) is 5.32 Å². The van der Waals surface area contributed by atoms with Crippen molar-refractivity contribution in [3.8, 4) is 0 Å². The van der Waals surface area contributed by atoms with E-state index in [4.69, 9.17) is 11.6 Å². The van der Waals surface area contributed by atoms with Crippen LogP contribution in [-0.2, 0) is 4.79 Å². The first-order valence-corrected chi connectivity index (χ1v) is 7.18. The topological polar surface area (TPSA) is 29.1 Å². The minimum atomic E-state index is -0.140. The molecule has 18 heavy (non-hydrogen) atoms. The van der Waals surface area contributed by atoms with Gasteiger partial charge in [-0.15, -0.1) is 11.6 Å². The lowest BCUT2D eigenvalue weighted by molar-refractivity contribution is -0.125. The van der Waals surface area contributed by atoms with E-state index in [-0.39, 0.29) is 17.2 Å². The number of carbonyl (C=O) groups excluding carboxylic acids is 1. The SMILES string of the molecule is O=C(NCC(Cl)c1ccccc1)C1CCCCC1. The Hall–Kier alpha value is -1.02. The second kappa shape index (κ2) is 6.79. The largest absolute Gasteiger partial charge is 0.354 e. The highest BCUT2D eigenvalue weighted by Crippen LogP contribution is 2.24. The minimum Gasteiger partial charge on any atom is -0.354 e. The molecule has 0 heterocycles. The van der Waals surface area contributed by atoms with Crippen molar-refractivity contribution in [1.29, 1.82) is 0 Å². The molecule has 0 aromatic heterocycles. The van der Waals surface area contributed by atoms with Crippen molar-refractivity contribution in [2.75, 3.05) is 6.54 Å². The zero-order valence-electron chi connectivity index (χ0n) is 10.6. The molecule has 1 fully saturated rings. The van der Waals surface area contributed by atoms with Gasteiger partial charge in [-0.1, -0.05) is 49.6 Å². The van der Waals surface area contributed by atoms with Gasteiger partial charge in [-0.05, 0) is 18.4 Å². The van der Waals surface area contributed by atoms with Gasteiger partial charge >= 0.3 is 0 Å². The summed E-state index contributed by atoms with van der Waals surface area (Å²) in [6, 6.07) is 9.88. The molecule has 1 amide bonds. The lowest BCUT2D eigenvalue weighted by Crippen LogP contribution is -2.33. The number of hydrogen-bond acceptors (Lipinski definition) is 1. The first-order chi connectivity index (χ1) is 8.77. The van der Waals surface area contributed by atoms with Crippen LogP contribution in [0, 0.1) is 5.92 Å². The Morgan fingerprint density at radius 2 is 1.89 bits per heavy atom. The fourth-order valence-corrected chi connectivity index (χ4v) is 2.70. The number of benzene rings is 1. The van der Waals surface area contributed by atoms with E-state index in [2.05, 4.69) is 5.32 Å². The van der Waals surface area contributed by atoms with Gasteiger partial charge in [0, 0.05) is 12.5 Å². The fraction of sp³-hybridized carbons (Fsp3) is 0.533. The Balaban J connectivity index is 1.78. The lowest BCUT2D eigenvalue weighted by atomic mass is 9.88. The predicted octanol–water partition coefficient (Wildman–Crippen LogP) is 3.66. The number of amides is 1. The lowest BCUT2D eigenvalue weighted by Gasteiger charge is -2.21. The summed E-state index contributed by atoms with van der Waals surface area (Å²) in [5.74, 6) is 0.384. The molecule has 1 N–H and O–H groups in total. The predicted molar refractivity (Wildman–Crippen MR) is 74.6 cm³/mol. The highest BCUT2D eigenvalue weighted by atomic mass is 35.5. The molecule has 3 heteroatoms. The molecule has 0 bridgehead atoms. The maximum absolute atomic E-state index is 12.0. The van der Waals surface area contributed by atoms with Crippen molar-refractivity contribution in [3.63, 3.8) is 0 Å². The molecule has 1 unspecified atom stereocenters. The highest BCUT2D eigenvalue weighted by Gasteiger charge is 2.21. The smallest absolute Gasteiger partial charge is 0.223 e. The normalized spacial score (nSPS) is 18.3. The van der Waals surface area contributed by atoms with Gasteiger partial charge in [0.2, 0.25) is 5.91 Å². The number of alkyl halides is 1. The van der Waals surface area contributed by atoms with Crippen LogP contribution in [0.25, 0.3) is 0 Å². The average molecular weight is 266 g/mol. The second-order valence-corrected chi connectivity index (χ2v) is 5.49. The van der Waals surface area contributed by atoms with Crippen molar-refractivity contribution < 1.29 is 4.79 Å². The Kier molecular flexibility index (Phi) is 5.06. The summed E-state index contributed by atoms with van der Waals surface area (Å²) >= 11 is 6.27. The van der Waals surface area contributed by atoms with Crippen molar-refractivity contribution >= 4 is 17.5 Å². The summed E-state index contributed by atoms with van der Waals surface area (Å²) in [5.41, 5.74) is 1.06. The van der Waals surface area contributed by atoms with E-state index >= 15 is 0 Å². The van der Waals surface area contributed by atoms with E-state index in [0.29, 0.717) is 6.54 Å². The number of carbonyl (C=O) groups is 1. The highest BCUT2D eigenvalue weighted by molar-refractivity contribution is 6.21. The monoisotopic (exact) mass is 265 g/mol. The number of nitrogens with one attached hydrogen (secondary N) is 1. The summed E-state index contributed by atoms with van der Waals surface area (Å²) in [4.78, 5) is 12.0. The van der Waals surface area contributed by atoms with Crippen LogP contribution in [-0.4, -0.2) is 12.5 Å². The zero-order chi connectivity index (χ0) is 12.8. The van der Waals surface area contributed by atoms with E-state index in [0.717, 1.165) is 18.4 Å². The Bertz CT molecular complexity index is 373. The zero-order valence-corrected chi connectivity index (χ0v) is 11.3. The fourth-order valence-electron chi connectivity index (χ4n) is 2.48. The number of halogens is 1. The van der Waals surface area contributed by atoms with Crippen LogP contribution in [0.3, 0.4) is 0 Å². The second-order valence-electron chi connectivity index (χ2n) is 4.96. The third-order valence-electron chi connectivity index (χ3n) is 3.59. The van der Waals surface area contributed by atoms with Gasteiger partial charge in [-0.25, -0.2) is 0 Å². The molecule has 2 rings (SSSR count). The van der Waals surface area contributed by atoms with Crippen LogP contribution in [0.4, 0.5) is 0 Å². The van der Waals surface area contributed by atoms with Crippen LogP contribution >= 0.6 is 11.6 Å². The summed E-state index contributed by atoms with van der Waals surface area (Å²) in [6.45, 7) is 0.515. The van der Waals surface area contributed by atoms with E-state index in [9.17, 15) is 4.79 Å². The molecule has 1 aliphatic rings. The van der Waals surface area contributed by atoms with Gasteiger partial charge in [0.15, 0.2) is 0 Å². The molecule has 0 aliphatic heterocycles. The Morgan fingerprint density at radius 1 is 1.22 bits per heavy atom. The molecule has 98 valence electrons. The van der Waals surface area contributed by atoms with E-state index in [1.807, 2.05) is 30.3 Å². The van der Waals surface area contributed by atoms with Gasteiger partial charge in [0.25, 0.3) is 0 Å². The standard InChI is InChI=1S/C15H20ClNO/c16-14(12-7-3-1-4-8-12)11-17-15(18)13-9-5-2-6-10-13/h1,3-4,7-8,13-14H,2,5-6,9-11H2,(H,17,18). The molecule has 1 saturated carbocycles. The van der Waals surface area contributed by atoms with Gasteiger partial charge in [-0.2, -0.15) is 0 Å². The summed E-state index contributed by atoms with van der Waals surface area (Å²) in [6.07, 6.45) is 5.70. The van der Waals surface area contributed by atoms with E-state index < -0.39 is 0 Å². The van der Waals surface area contributed by atoms with E-state index in [1.165, 1.54) is 19.3 Å². The van der Waals surface area contributed by atoms with Crippen molar-refractivity contribution in [3.05, 3.63) is 35.9 Å². The van der Waals surface area contributed by atoms with Gasteiger partial charge in [0.05, 0.1) is 5.38 Å². The Morgan fingerprint density at radius 3 is 2.56 bits per heavy atom. The average Bonchev–Trinajstić information content (AvgIpc) is 2.46. The first-order valence-electron chi connectivity index (χ1n) is 6.74. The third-order valence-corrected chi connectivity index (χ3v) is 4.00. The molecule has 1 aromatic rings. The maximum atomic E-state index is 12.0. The minimum absolute atomic E-state index is 0.140. The summed E-state index contributed by atoms with van der Waals surface area (Å²) in [5, 5.41) is 2.84. The third kappa shape index (κ3) is 3.74.